The highest BCUT2D eigenvalue weighted by atomic mass is 15.2. The highest BCUT2D eigenvalue weighted by molar-refractivity contribution is 5.61. The molecule has 0 saturated heterocycles. The summed E-state index contributed by atoms with van der Waals surface area (Å²) in [5.74, 6) is 0.892. The van der Waals surface area contributed by atoms with Crippen LogP contribution >= 0.6 is 0 Å². The van der Waals surface area contributed by atoms with E-state index in [4.69, 9.17) is 0 Å². The number of pyridine rings is 1. The molecule has 3 rings (SSSR count). The Hall–Kier alpha value is -2.16. The molecule has 0 aliphatic carbocycles. The van der Waals surface area contributed by atoms with Crippen molar-refractivity contribution in [2.45, 2.75) is 13.8 Å². The zero-order chi connectivity index (χ0) is 11.8. The van der Waals surface area contributed by atoms with Crippen molar-refractivity contribution in [3.05, 3.63) is 53.7 Å². The van der Waals surface area contributed by atoms with Gasteiger partial charge in [-0.3, -0.25) is 4.40 Å². The predicted molar refractivity (Wildman–Crippen MR) is 67.9 cm³/mol. The van der Waals surface area contributed by atoms with Gasteiger partial charge >= 0.3 is 0 Å². The molecule has 1 aromatic carbocycles. The van der Waals surface area contributed by atoms with Crippen molar-refractivity contribution in [2.24, 2.45) is 0 Å². The van der Waals surface area contributed by atoms with Gasteiger partial charge in [0, 0.05) is 11.8 Å². The van der Waals surface area contributed by atoms with Crippen LogP contribution in [0.2, 0.25) is 0 Å². The smallest absolute Gasteiger partial charge is 0.168 e. The molecule has 0 spiro atoms. The Bertz CT molecular complexity index is 666. The van der Waals surface area contributed by atoms with Crippen molar-refractivity contribution in [3.8, 4) is 11.4 Å². The van der Waals surface area contributed by atoms with Crippen LogP contribution in [0.3, 0.4) is 0 Å². The minimum atomic E-state index is 0.892. The Labute approximate surface area is 99.7 Å². The molecule has 0 atom stereocenters. The molecule has 84 valence electrons. The van der Waals surface area contributed by atoms with E-state index in [-0.39, 0.29) is 0 Å². The van der Waals surface area contributed by atoms with Gasteiger partial charge in [-0.1, -0.05) is 35.9 Å². The fraction of sp³-hybridized carbons (Fsp3) is 0.143. The van der Waals surface area contributed by atoms with Gasteiger partial charge in [0.05, 0.1) is 0 Å². The second-order valence-corrected chi connectivity index (χ2v) is 4.27. The van der Waals surface area contributed by atoms with E-state index < -0.39 is 0 Å². The first kappa shape index (κ1) is 10.0. The van der Waals surface area contributed by atoms with Gasteiger partial charge in [-0.15, -0.1) is 10.2 Å². The van der Waals surface area contributed by atoms with E-state index in [0.717, 1.165) is 22.6 Å². The summed E-state index contributed by atoms with van der Waals surface area (Å²) in [6.45, 7) is 4.12. The molecule has 2 heterocycles. The molecule has 0 unspecified atom stereocenters. The maximum atomic E-state index is 4.27. The normalized spacial score (nSPS) is 10.9. The van der Waals surface area contributed by atoms with Crippen LogP contribution < -0.4 is 0 Å². The molecule has 0 aliphatic rings. The lowest BCUT2D eigenvalue weighted by Gasteiger charge is -2.01. The lowest BCUT2D eigenvalue weighted by Crippen LogP contribution is -1.90. The van der Waals surface area contributed by atoms with Crippen LogP contribution in [0.1, 0.15) is 11.1 Å². The van der Waals surface area contributed by atoms with E-state index in [9.17, 15) is 0 Å². The highest BCUT2D eigenvalue weighted by Gasteiger charge is 2.08. The second kappa shape index (κ2) is 3.70. The number of benzene rings is 1. The van der Waals surface area contributed by atoms with E-state index in [0.29, 0.717) is 0 Å². The molecule has 0 aliphatic heterocycles. The molecule has 17 heavy (non-hydrogen) atoms. The number of nitrogens with zero attached hydrogens (tertiary/aromatic N) is 3. The first-order chi connectivity index (χ1) is 8.25. The molecule has 0 N–H and O–H groups in total. The van der Waals surface area contributed by atoms with Crippen molar-refractivity contribution in [2.75, 3.05) is 0 Å². The molecular weight excluding hydrogens is 210 g/mol. The maximum Gasteiger partial charge on any atom is 0.168 e. The Balaban J connectivity index is 2.24. The molecule has 3 aromatic rings. The lowest BCUT2D eigenvalue weighted by atomic mass is 10.1. The predicted octanol–water partition coefficient (Wildman–Crippen LogP) is 3.01. The first-order valence-electron chi connectivity index (χ1n) is 5.63. The zero-order valence-electron chi connectivity index (χ0n) is 9.88. The van der Waals surface area contributed by atoms with Gasteiger partial charge in [-0.25, -0.2) is 0 Å². The summed E-state index contributed by atoms with van der Waals surface area (Å²) in [6, 6.07) is 12.4. The van der Waals surface area contributed by atoms with Crippen LogP contribution in [0.4, 0.5) is 0 Å². The number of hydrogen-bond acceptors (Lipinski definition) is 2. The summed E-state index contributed by atoms with van der Waals surface area (Å²) in [5, 5.41) is 8.50. The standard InChI is InChI=1S/C14H13N3/c1-10-5-7-12(8-6-10)14-16-15-13-11(2)4-3-9-17(13)14/h3-9H,1-2H3. The van der Waals surface area contributed by atoms with Crippen molar-refractivity contribution in [3.63, 3.8) is 0 Å². The SMILES string of the molecule is Cc1ccc(-c2nnc3c(C)cccn23)cc1. The van der Waals surface area contributed by atoms with Gasteiger partial charge < -0.3 is 0 Å². The molecule has 0 fully saturated rings. The summed E-state index contributed by atoms with van der Waals surface area (Å²) in [6.07, 6.45) is 2.00. The molecule has 0 bridgehead atoms. The number of aryl methyl sites for hydroxylation is 2. The van der Waals surface area contributed by atoms with E-state index in [1.807, 2.05) is 29.7 Å². The van der Waals surface area contributed by atoms with Gasteiger partial charge in [0.1, 0.15) is 0 Å². The monoisotopic (exact) mass is 223 g/mol. The Morgan fingerprint density at radius 1 is 0.941 bits per heavy atom. The van der Waals surface area contributed by atoms with Crippen molar-refractivity contribution in [1.29, 1.82) is 0 Å². The number of aromatic nitrogens is 3. The minimum Gasteiger partial charge on any atom is -0.282 e. The van der Waals surface area contributed by atoms with Crippen molar-refractivity contribution < 1.29 is 0 Å². The molecule has 0 amide bonds. The van der Waals surface area contributed by atoms with Gasteiger partial charge in [-0.2, -0.15) is 0 Å². The Morgan fingerprint density at radius 2 is 1.71 bits per heavy atom. The van der Waals surface area contributed by atoms with Crippen LogP contribution in [-0.4, -0.2) is 14.6 Å². The number of hydrogen-bond donors (Lipinski definition) is 0. The van der Waals surface area contributed by atoms with E-state index in [2.05, 4.69) is 41.4 Å². The van der Waals surface area contributed by atoms with Crippen LogP contribution in [0.25, 0.3) is 17.0 Å². The average Bonchev–Trinajstić information content (AvgIpc) is 2.75. The van der Waals surface area contributed by atoms with E-state index >= 15 is 0 Å². The van der Waals surface area contributed by atoms with Crippen LogP contribution in [0, 0.1) is 13.8 Å². The van der Waals surface area contributed by atoms with Gasteiger partial charge in [0.15, 0.2) is 11.5 Å². The fourth-order valence-electron chi connectivity index (χ4n) is 1.95. The summed E-state index contributed by atoms with van der Waals surface area (Å²) in [7, 11) is 0. The summed E-state index contributed by atoms with van der Waals surface area (Å²) in [4.78, 5) is 0. The fourth-order valence-corrected chi connectivity index (χ4v) is 1.95. The average molecular weight is 223 g/mol. The Kier molecular flexibility index (Phi) is 2.18. The molecular formula is C14H13N3. The summed E-state index contributed by atoms with van der Waals surface area (Å²) < 4.78 is 2.03. The summed E-state index contributed by atoms with van der Waals surface area (Å²) >= 11 is 0. The molecule has 3 nitrogen and oxygen atoms in total. The largest absolute Gasteiger partial charge is 0.282 e. The molecule has 0 radical (unpaired) electrons. The first-order valence-corrected chi connectivity index (χ1v) is 5.63. The molecule has 3 heteroatoms. The van der Waals surface area contributed by atoms with Crippen LogP contribution in [-0.2, 0) is 0 Å². The van der Waals surface area contributed by atoms with Crippen molar-refractivity contribution in [1.82, 2.24) is 14.6 Å². The minimum absolute atomic E-state index is 0.892. The third-order valence-electron chi connectivity index (χ3n) is 2.94. The lowest BCUT2D eigenvalue weighted by molar-refractivity contribution is 1.11. The number of rotatable bonds is 1. The third kappa shape index (κ3) is 1.60. The van der Waals surface area contributed by atoms with Crippen molar-refractivity contribution >= 4 is 5.65 Å². The van der Waals surface area contributed by atoms with E-state index in [1.54, 1.807) is 0 Å². The summed E-state index contributed by atoms with van der Waals surface area (Å²) in [5.41, 5.74) is 4.40. The van der Waals surface area contributed by atoms with Crippen LogP contribution in [0.15, 0.2) is 42.6 Å². The van der Waals surface area contributed by atoms with E-state index in [1.165, 1.54) is 5.56 Å². The number of fused-ring (bicyclic) bond motifs is 1. The maximum absolute atomic E-state index is 4.27. The molecule has 0 saturated carbocycles. The topological polar surface area (TPSA) is 30.2 Å². The van der Waals surface area contributed by atoms with Gasteiger partial charge in [0.25, 0.3) is 0 Å². The van der Waals surface area contributed by atoms with Crippen LogP contribution in [0.5, 0.6) is 0 Å². The van der Waals surface area contributed by atoms with Gasteiger partial charge in [-0.05, 0) is 25.5 Å². The highest BCUT2D eigenvalue weighted by Crippen LogP contribution is 2.19. The molecule has 2 aromatic heterocycles. The third-order valence-corrected chi connectivity index (χ3v) is 2.94. The second-order valence-electron chi connectivity index (χ2n) is 4.27. The Morgan fingerprint density at radius 3 is 2.47 bits per heavy atom. The van der Waals surface area contributed by atoms with Gasteiger partial charge in [0.2, 0.25) is 0 Å². The zero-order valence-corrected chi connectivity index (χ0v) is 9.88. The quantitative estimate of drug-likeness (QED) is 0.634.